The summed E-state index contributed by atoms with van der Waals surface area (Å²) in [5, 5.41) is 8.26. The Labute approximate surface area is 222 Å². The van der Waals surface area contributed by atoms with Crippen molar-refractivity contribution in [3.05, 3.63) is 53.9 Å². The smallest absolute Gasteiger partial charge is 0.419 e. The molecule has 1 fully saturated rings. The van der Waals surface area contributed by atoms with E-state index in [1.807, 2.05) is 0 Å². The van der Waals surface area contributed by atoms with E-state index in [1.54, 1.807) is 0 Å². The van der Waals surface area contributed by atoms with Crippen molar-refractivity contribution in [2.24, 2.45) is 11.5 Å². The van der Waals surface area contributed by atoms with Gasteiger partial charge in [-0.2, -0.15) is 0 Å². The van der Waals surface area contributed by atoms with Crippen molar-refractivity contribution in [3.8, 4) is 17.2 Å². The Morgan fingerprint density at radius 3 is 2.44 bits per heavy atom. The van der Waals surface area contributed by atoms with Crippen LogP contribution in [0, 0.1) is 0 Å². The number of sulfone groups is 1. The lowest BCUT2D eigenvalue weighted by Gasteiger charge is -2.29. The van der Waals surface area contributed by atoms with E-state index >= 15 is 0 Å². The fraction of sp³-hybridized carbons (Fsp3) is 0.400. The standard InChI is InChI=1S/C25H26F3N5O5S/c26-25(27,28)38-17-7-4-15(5-8-17)13-33-19-12-16(6-9-20(19)39(35,36)14-18(29)22(33)34)21-31-32-23(37-21)24(30)10-2-1-3-11-24/h4-9,12,18H,1-3,10-11,13-14,29-30H2/t18-/m0/s1. The van der Waals surface area contributed by atoms with Crippen LogP contribution in [0.1, 0.15) is 43.6 Å². The molecule has 1 saturated carbocycles. The minimum atomic E-state index is -4.85. The van der Waals surface area contributed by atoms with Crippen LogP contribution < -0.4 is 21.1 Å². The molecular weight excluding hydrogens is 539 g/mol. The number of nitrogens with zero attached hydrogens (tertiary/aromatic N) is 3. The maximum Gasteiger partial charge on any atom is 0.573 e. The highest BCUT2D eigenvalue weighted by Crippen LogP contribution is 2.38. The fourth-order valence-corrected chi connectivity index (χ4v) is 6.48. The number of aromatic nitrogens is 2. The normalized spacial score (nSPS) is 20.8. The molecule has 1 amide bonds. The van der Waals surface area contributed by atoms with Gasteiger partial charge in [0.05, 0.1) is 34.5 Å². The molecule has 2 heterocycles. The Morgan fingerprint density at radius 1 is 1.08 bits per heavy atom. The summed E-state index contributed by atoms with van der Waals surface area (Å²) < 4.78 is 73.5. The number of amides is 1. The van der Waals surface area contributed by atoms with E-state index in [2.05, 4.69) is 14.9 Å². The number of ether oxygens (including phenoxy) is 1. The zero-order valence-corrected chi connectivity index (χ0v) is 21.5. The van der Waals surface area contributed by atoms with Gasteiger partial charge >= 0.3 is 6.36 Å². The van der Waals surface area contributed by atoms with Crippen LogP contribution in [-0.2, 0) is 26.7 Å². The topological polar surface area (TPSA) is 155 Å². The van der Waals surface area contributed by atoms with E-state index in [4.69, 9.17) is 15.9 Å². The molecular formula is C25H26F3N5O5S. The molecule has 1 atom stereocenters. The minimum absolute atomic E-state index is 0.0425. The highest BCUT2D eigenvalue weighted by molar-refractivity contribution is 7.91. The van der Waals surface area contributed by atoms with Gasteiger partial charge in [0.2, 0.25) is 17.7 Å². The summed E-state index contributed by atoms with van der Waals surface area (Å²) in [6, 6.07) is 7.85. The average Bonchev–Trinajstić information content (AvgIpc) is 3.36. The zero-order chi connectivity index (χ0) is 28.0. The molecule has 0 saturated heterocycles. The van der Waals surface area contributed by atoms with Crippen LogP contribution in [0.3, 0.4) is 0 Å². The summed E-state index contributed by atoms with van der Waals surface area (Å²) >= 11 is 0. The van der Waals surface area contributed by atoms with Crippen molar-refractivity contribution in [2.45, 2.75) is 61.5 Å². The van der Waals surface area contributed by atoms with Crippen LogP contribution in [0.15, 0.2) is 51.8 Å². The molecule has 39 heavy (non-hydrogen) atoms. The number of hydrogen-bond acceptors (Lipinski definition) is 9. The molecule has 0 radical (unpaired) electrons. The Morgan fingerprint density at radius 2 is 1.77 bits per heavy atom. The molecule has 1 aromatic heterocycles. The van der Waals surface area contributed by atoms with E-state index in [-0.39, 0.29) is 28.9 Å². The molecule has 0 spiro atoms. The Hall–Kier alpha value is -3.49. The number of halogens is 3. The van der Waals surface area contributed by atoms with E-state index in [9.17, 15) is 26.4 Å². The number of carbonyl (C=O) groups is 1. The summed E-state index contributed by atoms with van der Waals surface area (Å²) in [6.45, 7) is -0.161. The van der Waals surface area contributed by atoms with Gasteiger partial charge in [-0.15, -0.1) is 23.4 Å². The summed E-state index contributed by atoms with van der Waals surface area (Å²) in [5.41, 5.74) is 12.5. The molecule has 2 aromatic carbocycles. The quantitative estimate of drug-likeness (QED) is 0.474. The fourth-order valence-electron chi connectivity index (χ4n) is 4.92. The van der Waals surface area contributed by atoms with Crippen LogP contribution in [0.5, 0.6) is 5.75 Å². The monoisotopic (exact) mass is 565 g/mol. The molecule has 1 aliphatic heterocycles. The lowest BCUT2D eigenvalue weighted by Crippen LogP contribution is -2.45. The predicted octanol–water partition coefficient (Wildman–Crippen LogP) is 3.40. The number of anilines is 1. The second-order valence-electron chi connectivity index (χ2n) is 9.82. The van der Waals surface area contributed by atoms with Crippen LogP contribution in [0.2, 0.25) is 0 Å². The van der Waals surface area contributed by atoms with Gasteiger partial charge in [-0.05, 0) is 48.7 Å². The average molecular weight is 566 g/mol. The number of hydrogen-bond donors (Lipinski definition) is 2. The van der Waals surface area contributed by atoms with Crippen LogP contribution in [0.4, 0.5) is 18.9 Å². The van der Waals surface area contributed by atoms with Gasteiger partial charge in [-0.25, -0.2) is 8.42 Å². The van der Waals surface area contributed by atoms with Crippen LogP contribution >= 0.6 is 0 Å². The number of carbonyl (C=O) groups excluding carboxylic acids is 1. The summed E-state index contributed by atoms with van der Waals surface area (Å²) in [5.74, 6) is -1.31. The van der Waals surface area contributed by atoms with Gasteiger partial charge in [-0.3, -0.25) is 4.79 Å². The summed E-state index contributed by atoms with van der Waals surface area (Å²) in [6.07, 6.45) is -0.512. The van der Waals surface area contributed by atoms with Crippen LogP contribution in [-0.4, -0.2) is 42.7 Å². The van der Waals surface area contributed by atoms with E-state index in [1.165, 1.54) is 35.2 Å². The van der Waals surface area contributed by atoms with Gasteiger partial charge in [0.1, 0.15) is 5.75 Å². The van der Waals surface area contributed by atoms with Crippen molar-refractivity contribution in [1.29, 1.82) is 0 Å². The highest BCUT2D eigenvalue weighted by atomic mass is 32.2. The third kappa shape index (κ3) is 5.63. The molecule has 10 nitrogen and oxygen atoms in total. The lowest BCUT2D eigenvalue weighted by atomic mass is 9.82. The molecule has 3 aromatic rings. The number of alkyl halides is 3. The van der Waals surface area contributed by atoms with Crippen molar-refractivity contribution in [3.63, 3.8) is 0 Å². The van der Waals surface area contributed by atoms with E-state index in [0.717, 1.165) is 31.4 Å². The largest absolute Gasteiger partial charge is 0.573 e. The maximum atomic E-state index is 13.3. The van der Waals surface area contributed by atoms with E-state index in [0.29, 0.717) is 24.0 Å². The van der Waals surface area contributed by atoms with Gasteiger partial charge in [0, 0.05) is 5.56 Å². The summed E-state index contributed by atoms with van der Waals surface area (Å²) in [4.78, 5) is 14.3. The minimum Gasteiger partial charge on any atom is -0.419 e. The second-order valence-corrected chi connectivity index (χ2v) is 11.8. The van der Waals surface area contributed by atoms with Gasteiger partial charge in [-0.1, -0.05) is 31.4 Å². The number of fused-ring (bicyclic) bond motifs is 1. The van der Waals surface area contributed by atoms with Gasteiger partial charge in [0.25, 0.3) is 0 Å². The lowest BCUT2D eigenvalue weighted by molar-refractivity contribution is -0.274. The van der Waals surface area contributed by atoms with Crippen molar-refractivity contribution in [2.75, 3.05) is 10.7 Å². The van der Waals surface area contributed by atoms with Crippen molar-refractivity contribution >= 4 is 21.4 Å². The SMILES string of the molecule is N[C@H]1CS(=O)(=O)c2ccc(-c3nnc(C4(N)CCCCC4)o3)cc2N(Cc2ccc(OC(F)(F)F)cc2)C1=O. The van der Waals surface area contributed by atoms with Crippen LogP contribution in [0.25, 0.3) is 11.5 Å². The van der Waals surface area contributed by atoms with E-state index < -0.39 is 45.2 Å². The molecule has 5 rings (SSSR count). The number of rotatable bonds is 5. The molecule has 0 bridgehead atoms. The maximum absolute atomic E-state index is 13.3. The first kappa shape index (κ1) is 27.1. The third-order valence-electron chi connectivity index (χ3n) is 6.91. The first-order chi connectivity index (χ1) is 18.3. The third-order valence-corrected chi connectivity index (χ3v) is 8.72. The molecule has 4 N–H and O–H groups in total. The molecule has 2 aliphatic rings. The highest BCUT2D eigenvalue weighted by Gasteiger charge is 2.38. The van der Waals surface area contributed by atoms with Gasteiger partial charge in [0.15, 0.2) is 9.84 Å². The summed E-state index contributed by atoms with van der Waals surface area (Å²) in [7, 11) is -3.95. The number of benzene rings is 2. The van der Waals surface area contributed by atoms with Crippen molar-refractivity contribution in [1.82, 2.24) is 10.2 Å². The molecule has 208 valence electrons. The second kappa shape index (κ2) is 9.92. The Bertz CT molecular complexity index is 1480. The molecule has 14 heteroatoms. The Kier molecular flexibility index (Phi) is 6.89. The predicted molar refractivity (Wildman–Crippen MR) is 133 cm³/mol. The van der Waals surface area contributed by atoms with Gasteiger partial charge < -0.3 is 25.5 Å². The van der Waals surface area contributed by atoms with Crippen molar-refractivity contribution < 1.29 is 35.5 Å². The molecule has 0 unspecified atom stereocenters. The number of nitrogens with two attached hydrogens (primary N) is 2. The molecule has 1 aliphatic carbocycles. The first-order valence-corrected chi connectivity index (χ1v) is 13.9. The zero-order valence-electron chi connectivity index (χ0n) is 20.6. The Balaban J connectivity index is 1.51. The first-order valence-electron chi connectivity index (χ1n) is 12.3.